The van der Waals surface area contributed by atoms with Gasteiger partial charge in [-0.3, -0.25) is 0 Å². The first-order chi connectivity index (χ1) is 8.19. The molecule has 1 saturated carbocycles. The van der Waals surface area contributed by atoms with Gasteiger partial charge < -0.3 is 10.3 Å². The molecule has 0 radical (unpaired) electrons. The fourth-order valence-electron chi connectivity index (χ4n) is 2.89. The Labute approximate surface area is 102 Å². The molecular weight excluding hydrogens is 210 g/mol. The van der Waals surface area contributed by atoms with Gasteiger partial charge in [-0.2, -0.15) is 0 Å². The van der Waals surface area contributed by atoms with E-state index in [1.54, 1.807) is 0 Å². The van der Waals surface area contributed by atoms with Crippen molar-refractivity contribution in [2.24, 2.45) is 5.92 Å². The summed E-state index contributed by atoms with van der Waals surface area (Å²) >= 11 is 0. The van der Waals surface area contributed by atoms with Gasteiger partial charge in [-0.25, -0.2) is 4.98 Å². The summed E-state index contributed by atoms with van der Waals surface area (Å²) < 4.78 is 2.43. The number of nitrogen functional groups attached to an aromatic ring is 1. The number of nitrogens with two attached hydrogens (primary N) is 1. The predicted molar refractivity (Wildman–Crippen MR) is 71.0 cm³/mol. The maximum absolute atomic E-state index is 5.82. The minimum atomic E-state index is 0.647. The van der Waals surface area contributed by atoms with Gasteiger partial charge in [0, 0.05) is 18.2 Å². The van der Waals surface area contributed by atoms with E-state index in [-0.39, 0.29) is 0 Å². The van der Waals surface area contributed by atoms with E-state index in [4.69, 9.17) is 10.7 Å². The van der Waals surface area contributed by atoms with Gasteiger partial charge in [0.1, 0.15) is 5.82 Å². The summed E-state index contributed by atoms with van der Waals surface area (Å²) in [6.45, 7) is 4.49. The minimum absolute atomic E-state index is 0.647. The largest absolute Gasteiger partial charge is 0.399 e. The van der Waals surface area contributed by atoms with Crippen LogP contribution in [0.1, 0.15) is 38.6 Å². The zero-order chi connectivity index (χ0) is 12.0. The van der Waals surface area contributed by atoms with Crippen LogP contribution in [0.5, 0.6) is 0 Å². The van der Waals surface area contributed by atoms with E-state index in [0.29, 0.717) is 6.04 Å². The fraction of sp³-hybridized carbons (Fsp3) is 0.500. The molecule has 90 valence electrons. The van der Waals surface area contributed by atoms with E-state index in [2.05, 4.69) is 24.5 Å². The lowest BCUT2D eigenvalue weighted by Crippen LogP contribution is -2.25. The summed E-state index contributed by atoms with van der Waals surface area (Å²) in [5.41, 5.74) is 8.90. The van der Waals surface area contributed by atoms with E-state index < -0.39 is 0 Å². The molecule has 2 aromatic rings. The molecule has 0 aliphatic heterocycles. The Kier molecular flexibility index (Phi) is 2.35. The van der Waals surface area contributed by atoms with Crippen molar-refractivity contribution in [3.05, 3.63) is 24.0 Å². The van der Waals surface area contributed by atoms with Crippen LogP contribution in [0.4, 0.5) is 5.69 Å². The maximum atomic E-state index is 5.82. The van der Waals surface area contributed by atoms with Crippen LogP contribution in [0.3, 0.4) is 0 Å². The zero-order valence-electron chi connectivity index (χ0n) is 10.5. The minimum Gasteiger partial charge on any atom is -0.399 e. The normalized spacial score (nSPS) is 23.9. The van der Waals surface area contributed by atoms with Crippen LogP contribution in [0.2, 0.25) is 0 Å². The number of anilines is 1. The number of imidazole rings is 1. The molecule has 3 heteroatoms. The zero-order valence-corrected chi connectivity index (χ0v) is 10.5. The number of hydrogen-bond acceptors (Lipinski definition) is 2. The Morgan fingerprint density at radius 3 is 2.82 bits per heavy atom. The van der Waals surface area contributed by atoms with Crippen molar-refractivity contribution < 1.29 is 0 Å². The average Bonchev–Trinajstić information content (AvgIpc) is 2.62. The smallest absolute Gasteiger partial charge is 0.109 e. The predicted octanol–water partition coefficient (Wildman–Crippen LogP) is 3.15. The van der Waals surface area contributed by atoms with Crippen molar-refractivity contribution in [1.29, 1.82) is 0 Å². The lowest BCUT2D eigenvalue weighted by atomic mass is 9.81. The Balaban J connectivity index is 2.13. The van der Waals surface area contributed by atoms with Crippen LogP contribution in [0, 0.1) is 5.92 Å². The molecule has 2 N–H and O–H groups in total. The van der Waals surface area contributed by atoms with Gasteiger partial charge in [-0.05, 0) is 37.0 Å². The second-order valence-corrected chi connectivity index (χ2v) is 5.23. The molecule has 3 rings (SSSR count). The molecule has 3 nitrogen and oxygen atoms in total. The summed E-state index contributed by atoms with van der Waals surface area (Å²) in [5.74, 6) is 2.05. The third kappa shape index (κ3) is 1.61. The molecule has 0 unspecified atom stereocenters. The standard InChI is InChI=1S/C14H19N3/c1-3-14-16-12-8-10(15)4-5-13(12)17(14)11-6-9(2)7-11/h4-5,8-9,11H,3,6-7,15H2,1-2H3. The van der Waals surface area contributed by atoms with Gasteiger partial charge in [0.2, 0.25) is 0 Å². The van der Waals surface area contributed by atoms with Gasteiger partial charge >= 0.3 is 0 Å². The molecule has 1 aromatic carbocycles. The van der Waals surface area contributed by atoms with Gasteiger partial charge in [0.15, 0.2) is 0 Å². The summed E-state index contributed by atoms with van der Waals surface area (Å²) in [6, 6.07) is 6.71. The summed E-state index contributed by atoms with van der Waals surface area (Å²) in [7, 11) is 0. The second-order valence-electron chi connectivity index (χ2n) is 5.23. The molecule has 1 aliphatic rings. The summed E-state index contributed by atoms with van der Waals surface area (Å²) in [4.78, 5) is 4.70. The molecule has 0 bridgehead atoms. The van der Waals surface area contributed by atoms with Crippen LogP contribution < -0.4 is 5.73 Å². The van der Waals surface area contributed by atoms with Crippen molar-refractivity contribution >= 4 is 16.7 Å². The van der Waals surface area contributed by atoms with Gasteiger partial charge in [0.05, 0.1) is 11.0 Å². The lowest BCUT2D eigenvalue weighted by Gasteiger charge is -2.35. The Bertz CT molecular complexity index is 550. The highest BCUT2D eigenvalue weighted by Crippen LogP contribution is 2.40. The first-order valence-corrected chi connectivity index (χ1v) is 6.45. The molecule has 1 aliphatic carbocycles. The van der Waals surface area contributed by atoms with Gasteiger partial charge in [0.25, 0.3) is 0 Å². The number of aromatic nitrogens is 2. The van der Waals surface area contributed by atoms with E-state index in [1.807, 2.05) is 12.1 Å². The molecule has 17 heavy (non-hydrogen) atoms. The summed E-state index contributed by atoms with van der Waals surface area (Å²) in [6.07, 6.45) is 3.55. The number of fused-ring (bicyclic) bond motifs is 1. The first kappa shape index (κ1) is 10.6. The Morgan fingerprint density at radius 1 is 1.41 bits per heavy atom. The molecule has 1 heterocycles. The quantitative estimate of drug-likeness (QED) is 0.804. The Morgan fingerprint density at radius 2 is 2.18 bits per heavy atom. The highest BCUT2D eigenvalue weighted by atomic mass is 15.1. The molecule has 1 fully saturated rings. The SMILES string of the molecule is CCc1nc2cc(N)ccc2n1C1CC(C)C1. The molecule has 0 amide bonds. The maximum Gasteiger partial charge on any atom is 0.109 e. The van der Waals surface area contributed by atoms with E-state index in [9.17, 15) is 0 Å². The average molecular weight is 229 g/mol. The van der Waals surface area contributed by atoms with Crippen LogP contribution in [0.25, 0.3) is 11.0 Å². The fourth-order valence-corrected chi connectivity index (χ4v) is 2.89. The van der Waals surface area contributed by atoms with Crippen molar-refractivity contribution in [2.75, 3.05) is 5.73 Å². The molecule has 1 aromatic heterocycles. The second kappa shape index (κ2) is 3.76. The third-order valence-electron chi connectivity index (χ3n) is 3.82. The van der Waals surface area contributed by atoms with E-state index >= 15 is 0 Å². The van der Waals surface area contributed by atoms with Crippen molar-refractivity contribution in [3.63, 3.8) is 0 Å². The third-order valence-corrected chi connectivity index (χ3v) is 3.82. The number of hydrogen-bond donors (Lipinski definition) is 1. The van der Waals surface area contributed by atoms with Crippen LogP contribution >= 0.6 is 0 Å². The van der Waals surface area contributed by atoms with Crippen molar-refractivity contribution in [2.45, 2.75) is 39.2 Å². The monoisotopic (exact) mass is 229 g/mol. The number of aryl methyl sites for hydroxylation is 1. The summed E-state index contributed by atoms with van der Waals surface area (Å²) in [5, 5.41) is 0. The number of rotatable bonds is 2. The first-order valence-electron chi connectivity index (χ1n) is 6.45. The molecule has 0 saturated heterocycles. The van der Waals surface area contributed by atoms with Crippen molar-refractivity contribution in [1.82, 2.24) is 9.55 Å². The molecular formula is C14H19N3. The number of benzene rings is 1. The lowest BCUT2D eigenvalue weighted by molar-refractivity contribution is 0.217. The van der Waals surface area contributed by atoms with E-state index in [1.165, 1.54) is 24.2 Å². The van der Waals surface area contributed by atoms with Crippen LogP contribution in [-0.2, 0) is 6.42 Å². The topological polar surface area (TPSA) is 43.8 Å². The van der Waals surface area contributed by atoms with Crippen LogP contribution in [-0.4, -0.2) is 9.55 Å². The van der Waals surface area contributed by atoms with Crippen molar-refractivity contribution in [3.8, 4) is 0 Å². The molecule has 0 spiro atoms. The van der Waals surface area contributed by atoms with E-state index in [0.717, 1.165) is 23.5 Å². The molecule has 0 atom stereocenters. The highest BCUT2D eigenvalue weighted by Gasteiger charge is 2.29. The van der Waals surface area contributed by atoms with Gasteiger partial charge in [-0.15, -0.1) is 0 Å². The van der Waals surface area contributed by atoms with Crippen LogP contribution in [0.15, 0.2) is 18.2 Å². The Hall–Kier alpha value is -1.51. The highest BCUT2D eigenvalue weighted by molar-refractivity contribution is 5.79. The number of nitrogens with zero attached hydrogens (tertiary/aromatic N) is 2. The van der Waals surface area contributed by atoms with Gasteiger partial charge in [-0.1, -0.05) is 13.8 Å².